The number of alkyl halides is 3. The van der Waals surface area contributed by atoms with Crippen molar-refractivity contribution in [1.82, 2.24) is 9.78 Å². The quantitative estimate of drug-likeness (QED) is 0.591. The lowest BCUT2D eigenvalue weighted by molar-refractivity contribution is -0.274. The van der Waals surface area contributed by atoms with Crippen LogP contribution in [0.5, 0.6) is 5.75 Å². The molecule has 3 aromatic rings. The highest BCUT2D eigenvalue weighted by Gasteiger charge is 2.51. The predicted octanol–water partition coefficient (Wildman–Crippen LogP) is 4.44. The average Bonchev–Trinajstić information content (AvgIpc) is 3.07. The number of rotatable bonds is 3. The fourth-order valence-electron chi connectivity index (χ4n) is 3.44. The summed E-state index contributed by atoms with van der Waals surface area (Å²) in [7, 11) is 1.30. The van der Waals surface area contributed by atoms with Gasteiger partial charge in [0.1, 0.15) is 11.4 Å². The van der Waals surface area contributed by atoms with Crippen LogP contribution in [0.25, 0.3) is 22.2 Å². The Kier molecular flexibility index (Phi) is 4.67. The Hall–Kier alpha value is -2.52. The molecule has 0 aliphatic carbocycles. The molecule has 0 unspecified atom stereocenters. The van der Waals surface area contributed by atoms with E-state index in [-0.39, 0.29) is 5.75 Å². The number of aryl methyl sites for hydroxylation is 1. The molecule has 0 atom stereocenters. The van der Waals surface area contributed by atoms with Gasteiger partial charge in [-0.1, -0.05) is 12.1 Å². The van der Waals surface area contributed by atoms with E-state index in [2.05, 4.69) is 9.84 Å². The number of halogens is 3. The average molecular weight is 418 g/mol. The molecule has 0 amide bonds. The van der Waals surface area contributed by atoms with Gasteiger partial charge in [0.25, 0.3) is 0 Å². The van der Waals surface area contributed by atoms with Gasteiger partial charge >= 0.3 is 13.5 Å². The zero-order chi connectivity index (χ0) is 21.9. The number of benzene rings is 2. The second-order valence-electron chi connectivity index (χ2n) is 8.41. The zero-order valence-electron chi connectivity index (χ0n) is 17.4. The van der Waals surface area contributed by atoms with Crippen molar-refractivity contribution < 1.29 is 27.2 Å². The van der Waals surface area contributed by atoms with Crippen molar-refractivity contribution in [3.8, 4) is 17.0 Å². The van der Waals surface area contributed by atoms with Gasteiger partial charge in [0, 0.05) is 18.0 Å². The molecule has 9 heteroatoms. The fraction of sp³-hybridized carbons (Fsp3) is 0.381. The monoisotopic (exact) mass is 418 g/mol. The van der Waals surface area contributed by atoms with E-state index < -0.39 is 24.7 Å². The van der Waals surface area contributed by atoms with Gasteiger partial charge in [-0.2, -0.15) is 5.10 Å². The van der Waals surface area contributed by atoms with E-state index in [1.807, 2.05) is 52.9 Å². The van der Waals surface area contributed by atoms with Gasteiger partial charge in [0.2, 0.25) is 0 Å². The Morgan fingerprint density at radius 2 is 1.57 bits per heavy atom. The topological polar surface area (TPSA) is 45.5 Å². The van der Waals surface area contributed by atoms with E-state index in [0.717, 1.165) is 16.4 Å². The summed E-state index contributed by atoms with van der Waals surface area (Å²) in [5.41, 5.74) is 2.16. The molecule has 0 saturated carbocycles. The summed E-state index contributed by atoms with van der Waals surface area (Å²) in [6.07, 6.45) is -4.73. The molecule has 1 saturated heterocycles. The lowest BCUT2D eigenvalue weighted by atomic mass is 9.78. The predicted molar refractivity (Wildman–Crippen MR) is 109 cm³/mol. The van der Waals surface area contributed by atoms with Gasteiger partial charge in [-0.15, -0.1) is 13.2 Å². The van der Waals surface area contributed by atoms with E-state index >= 15 is 0 Å². The van der Waals surface area contributed by atoms with Crippen molar-refractivity contribution >= 4 is 23.5 Å². The molecule has 0 N–H and O–H groups in total. The van der Waals surface area contributed by atoms with Crippen LogP contribution >= 0.6 is 0 Å². The van der Waals surface area contributed by atoms with Crippen molar-refractivity contribution in [2.75, 3.05) is 0 Å². The van der Waals surface area contributed by atoms with Gasteiger partial charge in [0.15, 0.2) is 0 Å². The molecule has 30 heavy (non-hydrogen) atoms. The molecule has 1 fully saturated rings. The normalized spacial score (nSPS) is 18.2. The number of aromatic nitrogens is 2. The molecule has 1 aromatic heterocycles. The van der Waals surface area contributed by atoms with Crippen LogP contribution in [0.3, 0.4) is 0 Å². The molecule has 2 aromatic carbocycles. The minimum Gasteiger partial charge on any atom is -0.406 e. The zero-order valence-corrected chi connectivity index (χ0v) is 17.4. The van der Waals surface area contributed by atoms with Crippen LogP contribution in [0.15, 0.2) is 42.5 Å². The molecule has 158 valence electrons. The third-order valence-electron chi connectivity index (χ3n) is 5.76. The Balaban J connectivity index is 1.71. The second-order valence-corrected chi connectivity index (χ2v) is 8.41. The summed E-state index contributed by atoms with van der Waals surface area (Å²) in [5.74, 6) is -0.274. The molecular weight excluding hydrogens is 396 g/mol. The first-order valence-electron chi connectivity index (χ1n) is 9.55. The second kappa shape index (κ2) is 6.75. The Morgan fingerprint density at radius 1 is 0.967 bits per heavy atom. The van der Waals surface area contributed by atoms with E-state index in [0.29, 0.717) is 11.3 Å². The molecule has 0 radical (unpaired) electrons. The van der Waals surface area contributed by atoms with Gasteiger partial charge in [-0.25, -0.2) is 0 Å². The summed E-state index contributed by atoms with van der Waals surface area (Å²) in [6.45, 7) is 7.97. The number of ether oxygens (including phenoxy) is 1. The van der Waals surface area contributed by atoms with Crippen molar-refractivity contribution in [3.63, 3.8) is 0 Å². The molecular formula is C21H22BF3N2O3. The highest BCUT2D eigenvalue weighted by atomic mass is 19.4. The largest absolute Gasteiger partial charge is 0.573 e. The van der Waals surface area contributed by atoms with Crippen molar-refractivity contribution in [2.24, 2.45) is 7.05 Å². The molecule has 2 heterocycles. The first kappa shape index (κ1) is 20.7. The van der Waals surface area contributed by atoms with Crippen molar-refractivity contribution in [1.29, 1.82) is 0 Å². The SMILES string of the molecule is Cn1nc(-c2ccc(OC(F)(F)F)cc2)c2cc(B3OC(C)(C)C(C)(C)O3)ccc21. The Morgan fingerprint density at radius 3 is 2.13 bits per heavy atom. The molecule has 1 aliphatic heterocycles. The van der Waals surface area contributed by atoms with E-state index in [4.69, 9.17) is 9.31 Å². The number of fused-ring (bicyclic) bond motifs is 1. The van der Waals surface area contributed by atoms with Gasteiger partial charge in [0.05, 0.1) is 16.7 Å². The summed E-state index contributed by atoms with van der Waals surface area (Å²) in [6, 6.07) is 11.5. The first-order valence-corrected chi connectivity index (χ1v) is 9.55. The van der Waals surface area contributed by atoms with E-state index in [1.165, 1.54) is 12.1 Å². The number of hydrogen-bond donors (Lipinski definition) is 0. The van der Waals surface area contributed by atoms with Crippen LogP contribution in [-0.2, 0) is 16.4 Å². The van der Waals surface area contributed by atoms with Crippen LogP contribution in [0, 0.1) is 0 Å². The lowest BCUT2D eigenvalue weighted by Gasteiger charge is -2.32. The molecule has 0 spiro atoms. The van der Waals surface area contributed by atoms with Crippen LogP contribution < -0.4 is 10.2 Å². The maximum absolute atomic E-state index is 12.4. The summed E-state index contributed by atoms with van der Waals surface area (Å²) < 4.78 is 55.2. The standard InChI is InChI=1S/C21H22BF3N2O3/c1-19(2)20(3,4)30-22(29-19)14-8-11-17-16(12-14)18(26-27(17)5)13-6-9-15(10-7-13)28-21(23,24)25/h6-12H,1-5H3. The van der Waals surface area contributed by atoms with Crippen molar-refractivity contribution in [3.05, 3.63) is 42.5 Å². The summed E-state index contributed by atoms with van der Waals surface area (Å²) in [4.78, 5) is 0. The minimum atomic E-state index is -4.73. The first-order chi connectivity index (χ1) is 13.9. The fourth-order valence-corrected chi connectivity index (χ4v) is 3.44. The highest BCUT2D eigenvalue weighted by molar-refractivity contribution is 6.62. The Labute approximate surface area is 172 Å². The maximum Gasteiger partial charge on any atom is 0.573 e. The van der Waals surface area contributed by atoms with Crippen molar-refractivity contribution in [2.45, 2.75) is 45.3 Å². The van der Waals surface area contributed by atoms with Gasteiger partial charge < -0.3 is 14.0 Å². The Bertz CT molecular complexity index is 1080. The molecule has 0 bridgehead atoms. The lowest BCUT2D eigenvalue weighted by Crippen LogP contribution is -2.41. The smallest absolute Gasteiger partial charge is 0.406 e. The summed E-state index contributed by atoms with van der Waals surface area (Å²) >= 11 is 0. The molecule has 1 aliphatic rings. The van der Waals surface area contributed by atoms with Crippen LogP contribution in [0.4, 0.5) is 13.2 Å². The highest BCUT2D eigenvalue weighted by Crippen LogP contribution is 2.37. The van der Waals surface area contributed by atoms with E-state index in [1.54, 1.807) is 16.8 Å². The van der Waals surface area contributed by atoms with Crippen LogP contribution in [-0.4, -0.2) is 34.5 Å². The van der Waals surface area contributed by atoms with Gasteiger partial charge in [-0.3, -0.25) is 4.68 Å². The maximum atomic E-state index is 12.4. The summed E-state index contributed by atoms with van der Waals surface area (Å²) in [5, 5.41) is 5.42. The van der Waals surface area contributed by atoms with Crippen LogP contribution in [0.1, 0.15) is 27.7 Å². The van der Waals surface area contributed by atoms with E-state index in [9.17, 15) is 13.2 Å². The van der Waals surface area contributed by atoms with Crippen LogP contribution in [0.2, 0.25) is 0 Å². The van der Waals surface area contributed by atoms with Gasteiger partial charge in [-0.05, 0) is 63.5 Å². The third kappa shape index (κ3) is 3.67. The minimum absolute atomic E-state index is 0.274. The molecule has 5 nitrogen and oxygen atoms in total. The number of nitrogens with zero attached hydrogens (tertiary/aromatic N) is 2. The third-order valence-corrected chi connectivity index (χ3v) is 5.76. The number of hydrogen-bond acceptors (Lipinski definition) is 4. The molecule has 4 rings (SSSR count).